The van der Waals surface area contributed by atoms with Gasteiger partial charge in [0, 0.05) is 25.7 Å². The van der Waals surface area contributed by atoms with Crippen molar-refractivity contribution in [3.8, 4) is 0 Å². The molecule has 152 valence electrons. The fraction of sp³-hybridized carbons (Fsp3) is 0.476. The van der Waals surface area contributed by atoms with Crippen LogP contribution in [0.4, 0.5) is 5.69 Å². The Kier molecular flexibility index (Phi) is 7.61. The van der Waals surface area contributed by atoms with Crippen molar-refractivity contribution in [2.24, 2.45) is 0 Å². The van der Waals surface area contributed by atoms with E-state index in [9.17, 15) is 14.4 Å². The zero-order chi connectivity index (χ0) is 20.6. The van der Waals surface area contributed by atoms with Gasteiger partial charge in [0.1, 0.15) is 0 Å². The lowest BCUT2D eigenvalue weighted by Crippen LogP contribution is -2.42. The summed E-state index contributed by atoms with van der Waals surface area (Å²) in [6, 6.07) is 6.53. The number of ether oxygens (including phenoxy) is 3. The SMILES string of the molecule is CCCCCCCOC(=O)c1ccc(NC=C2C(=O)OC(C)(C)OC2=O)cc1. The van der Waals surface area contributed by atoms with Gasteiger partial charge in [-0.1, -0.05) is 32.6 Å². The maximum absolute atomic E-state index is 12.0. The van der Waals surface area contributed by atoms with Gasteiger partial charge in [0.05, 0.1) is 12.2 Å². The molecule has 1 fully saturated rings. The van der Waals surface area contributed by atoms with Crippen LogP contribution < -0.4 is 5.32 Å². The molecule has 1 N–H and O–H groups in total. The molecule has 0 amide bonds. The van der Waals surface area contributed by atoms with Gasteiger partial charge in [0.25, 0.3) is 5.79 Å². The summed E-state index contributed by atoms with van der Waals surface area (Å²) in [6.45, 7) is 5.53. The largest absolute Gasteiger partial charge is 0.462 e. The van der Waals surface area contributed by atoms with Crippen molar-refractivity contribution in [3.05, 3.63) is 41.6 Å². The molecule has 1 aromatic carbocycles. The monoisotopic (exact) mass is 389 g/mol. The molecule has 0 saturated carbocycles. The minimum atomic E-state index is -1.27. The second-order valence-corrected chi connectivity index (χ2v) is 7.01. The Labute approximate surface area is 165 Å². The number of rotatable bonds is 9. The number of nitrogens with one attached hydrogen (secondary N) is 1. The van der Waals surface area contributed by atoms with E-state index >= 15 is 0 Å². The van der Waals surface area contributed by atoms with Crippen LogP contribution in [-0.4, -0.2) is 30.3 Å². The molecule has 2 rings (SSSR count). The third kappa shape index (κ3) is 6.40. The third-order valence-electron chi connectivity index (χ3n) is 4.10. The summed E-state index contributed by atoms with van der Waals surface area (Å²) in [5.74, 6) is -3.16. The highest BCUT2D eigenvalue weighted by molar-refractivity contribution is 6.15. The number of hydrogen-bond donors (Lipinski definition) is 1. The van der Waals surface area contributed by atoms with E-state index < -0.39 is 17.7 Å². The van der Waals surface area contributed by atoms with Crippen molar-refractivity contribution in [2.75, 3.05) is 11.9 Å². The summed E-state index contributed by atoms with van der Waals surface area (Å²) in [5, 5.41) is 2.82. The second-order valence-electron chi connectivity index (χ2n) is 7.01. The highest BCUT2D eigenvalue weighted by Crippen LogP contribution is 2.22. The van der Waals surface area contributed by atoms with E-state index in [2.05, 4.69) is 12.2 Å². The van der Waals surface area contributed by atoms with Crippen molar-refractivity contribution in [2.45, 2.75) is 58.7 Å². The van der Waals surface area contributed by atoms with E-state index in [0.29, 0.717) is 17.9 Å². The van der Waals surface area contributed by atoms with Gasteiger partial charge in [-0.05, 0) is 30.7 Å². The molecule has 0 spiro atoms. The number of cyclic esters (lactones) is 2. The molecule has 0 bridgehead atoms. The first-order valence-electron chi connectivity index (χ1n) is 9.53. The van der Waals surface area contributed by atoms with Gasteiger partial charge in [-0.3, -0.25) is 0 Å². The number of benzene rings is 1. The van der Waals surface area contributed by atoms with Crippen LogP contribution in [0, 0.1) is 0 Å². The standard InChI is InChI=1S/C21H27NO6/c1-4-5-6-7-8-13-26-18(23)15-9-11-16(12-10-15)22-14-17-19(24)27-21(2,3)28-20(17)25/h9-12,14,22H,4-8,13H2,1-3H3. The minimum absolute atomic E-state index is 0.231. The van der Waals surface area contributed by atoms with E-state index in [1.165, 1.54) is 32.9 Å². The lowest BCUT2D eigenvalue weighted by molar-refractivity contribution is -0.222. The average molecular weight is 389 g/mol. The van der Waals surface area contributed by atoms with Crippen LogP contribution in [0.5, 0.6) is 0 Å². The van der Waals surface area contributed by atoms with Crippen LogP contribution >= 0.6 is 0 Å². The normalized spacial score (nSPS) is 15.5. The molecule has 7 heteroatoms. The molecule has 0 radical (unpaired) electrons. The Morgan fingerprint density at radius 1 is 1.04 bits per heavy atom. The van der Waals surface area contributed by atoms with Crippen LogP contribution in [0.15, 0.2) is 36.0 Å². The van der Waals surface area contributed by atoms with E-state index in [1.807, 2.05) is 0 Å². The molecule has 1 aliphatic heterocycles. The van der Waals surface area contributed by atoms with E-state index in [0.717, 1.165) is 19.3 Å². The molecule has 28 heavy (non-hydrogen) atoms. The Morgan fingerprint density at radius 2 is 1.64 bits per heavy atom. The molecule has 0 aromatic heterocycles. The number of carbonyl (C=O) groups excluding carboxylic acids is 3. The van der Waals surface area contributed by atoms with Gasteiger partial charge >= 0.3 is 17.9 Å². The predicted molar refractivity (Wildman–Crippen MR) is 103 cm³/mol. The molecule has 0 atom stereocenters. The zero-order valence-electron chi connectivity index (χ0n) is 16.6. The lowest BCUT2D eigenvalue weighted by Gasteiger charge is -2.29. The van der Waals surface area contributed by atoms with E-state index in [-0.39, 0.29) is 11.5 Å². The van der Waals surface area contributed by atoms with Crippen molar-refractivity contribution < 1.29 is 28.6 Å². The summed E-state index contributed by atoms with van der Waals surface area (Å²) in [4.78, 5) is 35.8. The fourth-order valence-corrected chi connectivity index (χ4v) is 2.59. The number of anilines is 1. The maximum atomic E-state index is 12.0. The summed E-state index contributed by atoms with van der Waals surface area (Å²) < 4.78 is 15.3. The number of carbonyl (C=O) groups is 3. The van der Waals surface area contributed by atoms with E-state index in [1.54, 1.807) is 24.3 Å². The van der Waals surface area contributed by atoms with Crippen LogP contribution in [0.25, 0.3) is 0 Å². The molecule has 7 nitrogen and oxygen atoms in total. The zero-order valence-corrected chi connectivity index (χ0v) is 16.6. The molecule has 1 aliphatic rings. The van der Waals surface area contributed by atoms with Crippen LogP contribution in [0.3, 0.4) is 0 Å². The van der Waals surface area contributed by atoms with Crippen LogP contribution in [0.1, 0.15) is 63.2 Å². The lowest BCUT2D eigenvalue weighted by atomic mass is 10.2. The molecule has 1 heterocycles. The van der Waals surface area contributed by atoms with Crippen LogP contribution in [0.2, 0.25) is 0 Å². The highest BCUT2D eigenvalue weighted by Gasteiger charge is 2.38. The number of hydrogen-bond acceptors (Lipinski definition) is 7. The summed E-state index contributed by atoms with van der Waals surface area (Å²) >= 11 is 0. The molecule has 1 aromatic rings. The molecular weight excluding hydrogens is 362 g/mol. The smallest absolute Gasteiger partial charge is 0.350 e. The van der Waals surface area contributed by atoms with Crippen molar-refractivity contribution in [1.29, 1.82) is 0 Å². The van der Waals surface area contributed by atoms with Crippen LogP contribution in [-0.2, 0) is 23.8 Å². The van der Waals surface area contributed by atoms with Crippen molar-refractivity contribution >= 4 is 23.6 Å². The van der Waals surface area contributed by atoms with Crippen molar-refractivity contribution in [1.82, 2.24) is 0 Å². The molecule has 0 aliphatic carbocycles. The Morgan fingerprint density at radius 3 is 2.25 bits per heavy atom. The van der Waals surface area contributed by atoms with Gasteiger partial charge in [-0.15, -0.1) is 0 Å². The van der Waals surface area contributed by atoms with Gasteiger partial charge in [-0.2, -0.15) is 0 Å². The molecule has 0 unspecified atom stereocenters. The quantitative estimate of drug-likeness (QED) is 0.296. The first-order valence-corrected chi connectivity index (χ1v) is 9.53. The Balaban J connectivity index is 1.85. The van der Waals surface area contributed by atoms with Gasteiger partial charge < -0.3 is 19.5 Å². The Hall–Kier alpha value is -2.83. The highest BCUT2D eigenvalue weighted by atomic mass is 16.7. The fourth-order valence-electron chi connectivity index (χ4n) is 2.59. The van der Waals surface area contributed by atoms with E-state index in [4.69, 9.17) is 14.2 Å². The first kappa shape index (κ1) is 21.5. The average Bonchev–Trinajstić information content (AvgIpc) is 2.63. The summed E-state index contributed by atoms with van der Waals surface area (Å²) in [6.07, 6.45) is 6.68. The first-order chi connectivity index (χ1) is 13.3. The number of unbranched alkanes of at least 4 members (excludes halogenated alkanes) is 4. The predicted octanol–water partition coefficient (Wildman–Crippen LogP) is 3.95. The third-order valence-corrected chi connectivity index (χ3v) is 4.10. The van der Waals surface area contributed by atoms with Gasteiger partial charge in [0.2, 0.25) is 0 Å². The Bertz CT molecular complexity index is 714. The summed E-state index contributed by atoms with van der Waals surface area (Å²) in [5.41, 5.74) is 0.796. The number of esters is 3. The van der Waals surface area contributed by atoms with Gasteiger partial charge in [-0.25, -0.2) is 14.4 Å². The minimum Gasteiger partial charge on any atom is -0.462 e. The van der Waals surface area contributed by atoms with Gasteiger partial charge in [0.15, 0.2) is 5.57 Å². The maximum Gasteiger partial charge on any atom is 0.350 e. The molecular formula is C21H27NO6. The second kappa shape index (κ2) is 9.92. The molecule has 1 saturated heterocycles. The topological polar surface area (TPSA) is 90.9 Å². The summed E-state index contributed by atoms with van der Waals surface area (Å²) in [7, 11) is 0. The van der Waals surface area contributed by atoms with Crippen molar-refractivity contribution in [3.63, 3.8) is 0 Å².